The number of aliphatic carboxylic acids is 1. The monoisotopic (exact) mass is 269 g/mol. The fourth-order valence-electron chi connectivity index (χ4n) is 2.26. The van der Waals surface area contributed by atoms with Crippen molar-refractivity contribution in [3.8, 4) is 0 Å². The highest BCUT2D eigenvalue weighted by molar-refractivity contribution is 5.80. The normalized spacial score (nSPS) is 11.9. The summed E-state index contributed by atoms with van der Waals surface area (Å²) in [6, 6.07) is 12.7. The topological polar surface area (TPSA) is 49.3 Å². The Balaban J connectivity index is 2.37. The van der Waals surface area contributed by atoms with Crippen molar-refractivity contribution in [2.45, 2.75) is 26.8 Å². The largest absolute Gasteiger partial charge is 0.479 e. The minimum absolute atomic E-state index is 0.739. The molecule has 104 valence electrons. The second kappa shape index (κ2) is 5.78. The van der Waals surface area contributed by atoms with Crippen LogP contribution in [0.25, 0.3) is 0 Å². The van der Waals surface area contributed by atoms with E-state index in [1.165, 1.54) is 0 Å². The van der Waals surface area contributed by atoms with Crippen LogP contribution in [0.2, 0.25) is 0 Å². The molecule has 2 aromatic carbocycles. The molecule has 0 aliphatic heterocycles. The molecule has 0 saturated heterocycles. The van der Waals surface area contributed by atoms with Crippen molar-refractivity contribution in [2.24, 2.45) is 0 Å². The van der Waals surface area contributed by atoms with E-state index in [1.807, 2.05) is 63.2 Å². The number of carboxylic acids is 1. The van der Waals surface area contributed by atoms with E-state index in [4.69, 9.17) is 0 Å². The molecule has 0 heterocycles. The maximum absolute atomic E-state index is 11.6. The number of aryl methyl sites for hydroxylation is 2. The number of carboxylic acid groups (broad SMARTS) is 1. The Morgan fingerprint density at radius 3 is 2.45 bits per heavy atom. The lowest BCUT2D eigenvalue weighted by Gasteiger charge is -2.19. The highest BCUT2D eigenvalue weighted by Gasteiger charge is 2.21. The van der Waals surface area contributed by atoms with E-state index in [2.05, 4.69) is 5.32 Å². The molecule has 2 aromatic rings. The van der Waals surface area contributed by atoms with Crippen LogP contribution in [0.1, 0.15) is 28.3 Å². The molecule has 1 unspecified atom stereocenters. The van der Waals surface area contributed by atoms with E-state index in [-0.39, 0.29) is 0 Å². The molecular weight excluding hydrogens is 250 g/mol. The van der Waals surface area contributed by atoms with Crippen LogP contribution in [0, 0.1) is 20.8 Å². The maximum atomic E-state index is 11.6. The highest BCUT2D eigenvalue weighted by Crippen LogP contribution is 2.25. The molecule has 0 aromatic heterocycles. The molecule has 1 atom stereocenters. The SMILES string of the molecule is Cc1cccc(NC(C(=O)O)c2cccc(C)c2C)c1. The molecular formula is C17H19NO2. The lowest BCUT2D eigenvalue weighted by molar-refractivity contribution is -0.138. The van der Waals surface area contributed by atoms with Gasteiger partial charge in [0.05, 0.1) is 0 Å². The van der Waals surface area contributed by atoms with Crippen LogP contribution in [-0.2, 0) is 4.79 Å². The minimum atomic E-state index is -0.875. The molecule has 0 spiro atoms. The Bertz CT molecular complexity index is 635. The van der Waals surface area contributed by atoms with Crippen molar-refractivity contribution < 1.29 is 9.90 Å². The van der Waals surface area contributed by atoms with Gasteiger partial charge in [-0.1, -0.05) is 30.3 Å². The van der Waals surface area contributed by atoms with E-state index < -0.39 is 12.0 Å². The second-order valence-electron chi connectivity index (χ2n) is 5.07. The summed E-state index contributed by atoms with van der Waals surface area (Å²) < 4.78 is 0. The van der Waals surface area contributed by atoms with E-state index in [1.54, 1.807) is 0 Å². The number of hydrogen-bond donors (Lipinski definition) is 2. The fourth-order valence-corrected chi connectivity index (χ4v) is 2.26. The summed E-state index contributed by atoms with van der Waals surface area (Å²) >= 11 is 0. The maximum Gasteiger partial charge on any atom is 0.330 e. The second-order valence-corrected chi connectivity index (χ2v) is 5.07. The van der Waals surface area contributed by atoms with Crippen LogP contribution in [0.3, 0.4) is 0 Å². The van der Waals surface area contributed by atoms with Crippen LogP contribution >= 0.6 is 0 Å². The third-order valence-electron chi connectivity index (χ3n) is 3.53. The first-order chi connectivity index (χ1) is 9.49. The number of nitrogens with one attached hydrogen (secondary N) is 1. The molecule has 0 saturated carbocycles. The first-order valence-corrected chi connectivity index (χ1v) is 6.61. The van der Waals surface area contributed by atoms with Crippen LogP contribution in [0.15, 0.2) is 42.5 Å². The third-order valence-corrected chi connectivity index (χ3v) is 3.53. The zero-order valence-corrected chi connectivity index (χ0v) is 12.0. The zero-order valence-electron chi connectivity index (χ0n) is 12.0. The Morgan fingerprint density at radius 2 is 1.80 bits per heavy atom. The summed E-state index contributed by atoms with van der Waals surface area (Å²) in [6.45, 7) is 5.93. The van der Waals surface area contributed by atoms with E-state index >= 15 is 0 Å². The molecule has 3 heteroatoms. The van der Waals surface area contributed by atoms with Crippen molar-refractivity contribution in [3.05, 3.63) is 64.7 Å². The zero-order chi connectivity index (χ0) is 14.7. The molecule has 20 heavy (non-hydrogen) atoms. The number of carbonyl (C=O) groups is 1. The van der Waals surface area contributed by atoms with E-state index in [9.17, 15) is 9.90 Å². The minimum Gasteiger partial charge on any atom is -0.479 e. The first-order valence-electron chi connectivity index (χ1n) is 6.61. The van der Waals surface area contributed by atoms with Crippen molar-refractivity contribution in [1.29, 1.82) is 0 Å². The standard InChI is InChI=1S/C17H19NO2/c1-11-6-4-8-14(10-11)18-16(17(19)20)15-9-5-7-12(2)13(15)3/h4-10,16,18H,1-3H3,(H,19,20). The Morgan fingerprint density at radius 1 is 1.10 bits per heavy atom. The molecule has 0 amide bonds. The van der Waals surface area contributed by atoms with Gasteiger partial charge in [-0.25, -0.2) is 4.79 Å². The van der Waals surface area contributed by atoms with Gasteiger partial charge in [-0.15, -0.1) is 0 Å². The number of benzene rings is 2. The molecule has 2 N–H and O–H groups in total. The number of hydrogen-bond acceptors (Lipinski definition) is 2. The van der Waals surface area contributed by atoms with Gasteiger partial charge >= 0.3 is 5.97 Å². The van der Waals surface area contributed by atoms with Gasteiger partial charge in [0.1, 0.15) is 0 Å². The molecule has 0 fully saturated rings. The van der Waals surface area contributed by atoms with Crippen molar-refractivity contribution in [1.82, 2.24) is 0 Å². The lowest BCUT2D eigenvalue weighted by atomic mass is 9.97. The summed E-state index contributed by atoms with van der Waals surface area (Å²) in [5.74, 6) is -0.875. The van der Waals surface area contributed by atoms with Crippen molar-refractivity contribution >= 4 is 11.7 Å². The van der Waals surface area contributed by atoms with Crippen molar-refractivity contribution in [2.75, 3.05) is 5.32 Å². The predicted molar refractivity (Wildman–Crippen MR) is 81.1 cm³/mol. The molecule has 2 rings (SSSR count). The molecule has 0 bridgehead atoms. The average molecular weight is 269 g/mol. The highest BCUT2D eigenvalue weighted by atomic mass is 16.4. The summed E-state index contributed by atoms with van der Waals surface area (Å²) in [5.41, 5.74) is 4.83. The van der Waals surface area contributed by atoms with Gasteiger partial charge in [-0.05, 0) is 55.2 Å². The third kappa shape index (κ3) is 2.99. The number of anilines is 1. The van der Waals surface area contributed by atoms with Crippen LogP contribution in [0.5, 0.6) is 0 Å². The quantitative estimate of drug-likeness (QED) is 0.886. The Kier molecular flexibility index (Phi) is 4.08. The summed E-state index contributed by atoms with van der Waals surface area (Å²) in [4.78, 5) is 11.6. The first kappa shape index (κ1) is 14.1. The van der Waals surface area contributed by atoms with Crippen LogP contribution in [-0.4, -0.2) is 11.1 Å². The van der Waals surface area contributed by atoms with Gasteiger partial charge in [0.2, 0.25) is 0 Å². The molecule has 0 radical (unpaired) electrons. The Hall–Kier alpha value is -2.29. The number of rotatable bonds is 4. The van der Waals surface area contributed by atoms with Gasteiger partial charge < -0.3 is 10.4 Å². The predicted octanol–water partition coefficient (Wildman–Crippen LogP) is 3.85. The Labute approximate surface area is 119 Å². The smallest absolute Gasteiger partial charge is 0.330 e. The van der Waals surface area contributed by atoms with E-state index in [0.29, 0.717) is 0 Å². The molecule has 0 aliphatic carbocycles. The van der Waals surface area contributed by atoms with Gasteiger partial charge in [0.15, 0.2) is 6.04 Å². The molecule has 0 aliphatic rings. The van der Waals surface area contributed by atoms with E-state index in [0.717, 1.165) is 27.9 Å². The fraction of sp³-hybridized carbons (Fsp3) is 0.235. The van der Waals surface area contributed by atoms with Gasteiger partial charge in [0.25, 0.3) is 0 Å². The van der Waals surface area contributed by atoms with Gasteiger partial charge in [0, 0.05) is 5.69 Å². The molecule has 3 nitrogen and oxygen atoms in total. The van der Waals surface area contributed by atoms with Crippen LogP contribution in [0.4, 0.5) is 5.69 Å². The summed E-state index contributed by atoms with van der Waals surface area (Å²) in [5, 5.41) is 12.6. The lowest BCUT2D eigenvalue weighted by Crippen LogP contribution is -2.21. The summed E-state index contributed by atoms with van der Waals surface area (Å²) in [6.07, 6.45) is 0. The average Bonchev–Trinajstić information content (AvgIpc) is 2.39. The van der Waals surface area contributed by atoms with Gasteiger partial charge in [-0.2, -0.15) is 0 Å². The van der Waals surface area contributed by atoms with Gasteiger partial charge in [-0.3, -0.25) is 0 Å². The summed E-state index contributed by atoms with van der Waals surface area (Å²) in [7, 11) is 0. The van der Waals surface area contributed by atoms with Crippen LogP contribution < -0.4 is 5.32 Å². The van der Waals surface area contributed by atoms with Crippen molar-refractivity contribution in [3.63, 3.8) is 0 Å².